The van der Waals surface area contributed by atoms with Crippen molar-refractivity contribution in [1.82, 2.24) is 0 Å². The standard InChI is InChI=1S/C18H18ClNO3/c19-16-6-1-2-7-17(16)23-11-10-22-15-5-3-4-14(12-15)20-18(21)13-8-9-13/h1-7,12-13H,8-11H2,(H,20,21). The summed E-state index contributed by atoms with van der Waals surface area (Å²) < 4.78 is 11.2. The highest BCUT2D eigenvalue weighted by Gasteiger charge is 2.29. The summed E-state index contributed by atoms with van der Waals surface area (Å²) in [6.45, 7) is 0.785. The van der Waals surface area contributed by atoms with Crippen LogP contribution >= 0.6 is 11.6 Å². The summed E-state index contributed by atoms with van der Waals surface area (Å²) in [6, 6.07) is 14.7. The zero-order chi connectivity index (χ0) is 16.1. The summed E-state index contributed by atoms with van der Waals surface area (Å²) in [5.74, 6) is 1.61. The van der Waals surface area contributed by atoms with E-state index < -0.39 is 0 Å². The van der Waals surface area contributed by atoms with Crippen molar-refractivity contribution in [2.45, 2.75) is 12.8 Å². The molecule has 1 fully saturated rings. The third-order valence-corrected chi connectivity index (χ3v) is 3.81. The molecule has 1 aliphatic rings. The van der Waals surface area contributed by atoms with E-state index in [0.717, 1.165) is 18.5 Å². The lowest BCUT2D eigenvalue weighted by molar-refractivity contribution is -0.117. The molecular weight excluding hydrogens is 314 g/mol. The highest BCUT2D eigenvalue weighted by atomic mass is 35.5. The van der Waals surface area contributed by atoms with Crippen LogP contribution in [0.5, 0.6) is 11.5 Å². The molecule has 0 bridgehead atoms. The van der Waals surface area contributed by atoms with E-state index in [1.54, 1.807) is 6.07 Å². The maximum atomic E-state index is 11.8. The highest BCUT2D eigenvalue weighted by Crippen LogP contribution is 2.30. The summed E-state index contributed by atoms with van der Waals surface area (Å²) in [5.41, 5.74) is 0.756. The number of para-hydroxylation sites is 1. The van der Waals surface area contributed by atoms with Crippen molar-refractivity contribution in [3.8, 4) is 11.5 Å². The summed E-state index contributed by atoms with van der Waals surface area (Å²) in [7, 11) is 0. The van der Waals surface area contributed by atoms with Gasteiger partial charge in [-0.1, -0.05) is 29.8 Å². The third-order valence-electron chi connectivity index (χ3n) is 3.50. The van der Waals surface area contributed by atoms with Gasteiger partial charge < -0.3 is 14.8 Å². The smallest absolute Gasteiger partial charge is 0.227 e. The number of ether oxygens (including phenoxy) is 2. The van der Waals surface area contributed by atoms with Crippen LogP contribution in [0.4, 0.5) is 5.69 Å². The van der Waals surface area contributed by atoms with E-state index in [4.69, 9.17) is 21.1 Å². The number of amides is 1. The number of rotatable bonds is 7. The second-order valence-corrected chi connectivity index (χ2v) is 5.83. The molecule has 4 nitrogen and oxygen atoms in total. The number of halogens is 1. The predicted molar refractivity (Wildman–Crippen MR) is 90.2 cm³/mol. The molecule has 3 rings (SSSR count). The first-order chi connectivity index (χ1) is 11.2. The Hall–Kier alpha value is -2.20. The maximum Gasteiger partial charge on any atom is 0.227 e. The lowest BCUT2D eigenvalue weighted by Crippen LogP contribution is -2.13. The SMILES string of the molecule is O=C(Nc1cccc(OCCOc2ccccc2Cl)c1)C1CC1. The van der Waals surface area contributed by atoms with Crippen LogP contribution in [0.15, 0.2) is 48.5 Å². The molecule has 120 valence electrons. The molecular formula is C18H18ClNO3. The topological polar surface area (TPSA) is 47.6 Å². The molecule has 5 heteroatoms. The van der Waals surface area contributed by atoms with E-state index in [2.05, 4.69) is 5.32 Å². The van der Waals surface area contributed by atoms with E-state index in [9.17, 15) is 4.79 Å². The molecule has 0 unspecified atom stereocenters. The molecule has 1 aliphatic carbocycles. The number of hydrogen-bond acceptors (Lipinski definition) is 3. The molecule has 0 spiro atoms. The lowest BCUT2D eigenvalue weighted by Gasteiger charge is -2.10. The number of carbonyl (C=O) groups is 1. The first kappa shape index (κ1) is 15.7. The van der Waals surface area contributed by atoms with E-state index in [1.807, 2.05) is 42.5 Å². The van der Waals surface area contributed by atoms with Gasteiger partial charge in [0.1, 0.15) is 24.7 Å². The summed E-state index contributed by atoms with van der Waals surface area (Å²) >= 11 is 6.01. The Labute approximate surface area is 140 Å². The van der Waals surface area contributed by atoms with Crippen LogP contribution in [0.1, 0.15) is 12.8 Å². The minimum absolute atomic E-state index is 0.0872. The lowest BCUT2D eigenvalue weighted by atomic mass is 10.3. The Bertz CT molecular complexity index is 685. The molecule has 23 heavy (non-hydrogen) atoms. The number of carbonyl (C=O) groups excluding carboxylic acids is 1. The van der Waals surface area contributed by atoms with E-state index >= 15 is 0 Å². The number of hydrogen-bond donors (Lipinski definition) is 1. The monoisotopic (exact) mass is 331 g/mol. The van der Waals surface area contributed by atoms with Crippen LogP contribution < -0.4 is 14.8 Å². The molecule has 1 amide bonds. The largest absolute Gasteiger partial charge is 0.490 e. The molecule has 0 heterocycles. The molecule has 0 atom stereocenters. The Balaban J connectivity index is 1.46. The van der Waals surface area contributed by atoms with Crippen molar-refractivity contribution >= 4 is 23.2 Å². The van der Waals surface area contributed by atoms with Crippen LogP contribution in [-0.4, -0.2) is 19.1 Å². The molecule has 0 aliphatic heterocycles. The van der Waals surface area contributed by atoms with Crippen LogP contribution in [0.3, 0.4) is 0 Å². The van der Waals surface area contributed by atoms with Gasteiger partial charge in [-0.3, -0.25) is 4.79 Å². The van der Waals surface area contributed by atoms with Gasteiger partial charge in [-0.05, 0) is 37.1 Å². The maximum absolute atomic E-state index is 11.8. The molecule has 2 aromatic carbocycles. The normalized spacial score (nSPS) is 13.4. The second-order valence-electron chi connectivity index (χ2n) is 5.42. The Morgan fingerprint density at radius 3 is 2.65 bits per heavy atom. The van der Waals surface area contributed by atoms with Gasteiger partial charge in [-0.15, -0.1) is 0 Å². The third kappa shape index (κ3) is 4.63. The Kier molecular flexibility index (Phi) is 5.03. The van der Waals surface area contributed by atoms with Crippen LogP contribution in [0, 0.1) is 5.92 Å². The number of benzene rings is 2. The first-order valence-electron chi connectivity index (χ1n) is 7.63. The van der Waals surface area contributed by atoms with Crippen molar-refractivity contribution in [1.29, 1.82) is 0 Å². The van der Waals surface area contributed by atoms with E-state index in [1.165, 1.54) is 0 Å². The van der Waals surface area contributed by atoms with E-state index in [0.29, 0.717) is 29.7 Å². The van der Waals surface area contributed by atoms with Gasteiger partial charge in [-0.2, -0.15) is 0 Å². The summed E-state index contributed by atoms with van der Waals surface area (Å²) in [6.07, 6.45) is 1.98. The fraction of sp³-hybridized carbons (Fsp3) is 0.278. The van der Waals surface area contributed by atoms with Crippen molar-refractivity contribution < 1.29 is 14.3 Å². The van der Waals surface area contributed by atoms with Gasteiger partial charge in [0.05, 0.1) is 5.02 Å². The zero-order valence-corrected chi connectivity index (χ0v) is 13.4. The summed E-state index contributed by atoms with van der Waals surface area (Å²) in [4.78, 5) is 11.8. The highest BCUT2D eigenvalue weighted by molar-refractivity contribution is 6.32. The van der Waals surface area contributed by atoms with Gasteiger partial charge in [0.15, 0.2) is 0 Å². The van der Waals surface area contributed by atoms with E-state index in [-0.39, 0.29) is 11.8 Å². The summed E-state index contributed by atoms with van der Waals surface area (Å²) in [5, 5.41) is 3.48. The van der Waals surface area contributed by atoms with Crippen LogP contribution in [-0.2, 0) is 4.79 Å². The molecule has 0 radical (unpaired) electrons. The molecule has 0 aromatic heterocycles. The van der Waals surface area contributed by atoms with Gasteiger partial charge in [0, 0.05) is 17.7 Å². The number of anilines is 1. The number of nitrogens with one attached hydrogen (secondary N) is 1. The van der Waals surface area contributed by atoms with Gasteiger partial charge in [0.2, 0.25) is 5.91 Å². The molecule has 1 saturated carbocycles. The minimum Gasteiger partial charge on any atom is -0.490 e. The van der Waals surface area contributed by atoms with Crippen molar-refractivity contribution in [2.24, 2.45) is 5.92 Å². The predicted octanol–water partition coefficient (Wildman–Crippen LogP) is 4.15. The average Bonchev–Trinajstić information content (AvgIpc) is 3.38. The molecule has 0 saturated heterocycles. The Morgan fingerprint density at radius 2 is 1.87 bits per heavy atom. The minimum atomic E-state index is 0.0872. The Morgan fingerprint density at radius 1 is 1.09 bits per heavy atom. The first-order valence-corrected chi connectivity index (χ1v) is 8.01. The quantitative estimate of drug-likeness (QED) is 0.775. The second kappa shape index (κ2) is 7.38. The molecule has 1 N–H and O–H groups in total. The molecule has 2 aromatic rings. The van der Waals surface area contributed by atoms with Gasteiger partial charge in [-0.25, -0.2) is 0 Å². The average molecular weight is 332 g/mol. The van der Waals surface area contributed by atoms with Crippen molar-refractivity contribution in [2.75, 3.05) is 18.5 Å². The van der Waals surface area contributed by atoms with Gasteiger partial charge >= 0.3 is 0 Å². The fourth-order valence-corrected chi connectivity index (χ4v) is 2.32. The van der Waals surface area contributed by atoms with Crippen LogP contribution in [0.25, 0.3) is 0 Å². The van der Waals surface area contributed by atoms with Crippen LogP contribution in [0.2, 0.25) is 5.02 Å². The zero-order valence-electron chi connectivity index (χ0n) is 12.6. The van der Waals surface area contributed by atoms with Crippen molar-refractivity contribution in [3.63, 3.8) is 0 Å². The fourth-order valence-electron chi connectivity index (χ4n) is 2.13. The van der Waals surface area contributed by atoms with Gasteiger partial charge in [0.25, 0.3) is 0 Å². The van der Waals surface area contributed by atoms with Crippen molar-refractivity contribution in [3.05, 3.63) is 53.6 Å².